The number of aliphatic hydroxyl groups excluding tert-OH is 2. The van der Waals surface area contributed by atoms with Crippen LogP contribution >= 0.6 is 0 Å². The van der Waals surface area contributed by atoms with E-state index in [0.717, 1.165) is 30.4 Å². The Balaban J connectivity index is 2.43. The first kappa shape index (κ1) is 26.0. The van der Waals surface area contributed by atoms with E-state index in [4.69, 9.17) is 14.6 Å². The number of ether oxygens (including phenoxy) is 2. The molecular formula is C27H32O6. The van der Waals surface area contributed by atoms with Crippen molar-refractivity contribution in [3.05, 3.63) is 71.3 Å². The number of esters is 2. The molecular weight excluding hydrogens is 420 g/mol. The highest BCUT2D eigenvalue weighted by Crippen LogP contribution is 2.33. The third-order valence-corrected chi connectivity index (χ3v) is 5.23. The van der Waals surface area contributed by atoms with E-state index in [0.29, 0.717) is 5.56 Å². The van der Waals surface area contributed by atoms with Crippen molar-refractivity contribution in [1.29, 1.82) is 0 Å². The maximum Gasteiger partial charge on any atom is 0.341 e. The van der Waals surface area contributed by atoms with Gasteiger partial charge in [0.25, 0.3) is 0 Å². The molecule has 2 aromatic rings. The number of hydrogen-bond donors (Lipinski definition) is 2. The van der Waals surface area contributed by atoms with Crippen molar-refractivity contribution in [1.82, 2.24) is 0 Å². The van der Waals surface area contributed by atoms with Gasteiger partial charge in [-0.05, 0) is 61.1 Å². The Labute approximate surface area is 195 Å². The fourth-order valence-electron chi connectivity index (χ4n) is 3.32. The summed E-state index contributed by atoms with van der Waals surface area (Å²) in [6.45, 7) is 8.30. The van der Waals surface area contributed by atoms with Crippen LogP contribution in [0.4, 0.5) is 0 Å². The second-order valence-electron chi connectivity index (χ2n) is 7.81. The average Bonchev–Trinajstić information content (AvgIpc) is 2.79. The molecule has 0 saturated carbocycles. The average molecular weight is 453 g/mol. The maximum absolute atomic E-state index is 12.3. The summed E-state index contributed by atoms with van der Waals surface area (Å²) in [4.78, 5) is 24.5. The van der Waals surface area contributed by atoms with Gasteiger partial charge in [0.15, 0.2) is 0 Å². The molecule has 0 aromatic heterocycles. The van der Waals surface area contributed by atoms with Gasteiger partial charge in [-0.3, -0.25) is 0 Å². The smallest absolute Gasteiger partial charge is 0.341 e. The van der Waals surface area contributed by atoms with Gasteiger partial charge in [0, 0.05) is 6.07 Å². The van der Waals surface area contributed by atoms with E-state index in [-0.39, 0.29) is 22.6 Å². The minimum absolute atomic E-state index is 0.0944. The summed E-state index contributed by atoms with van der Waals surface area (Å²) in [5.74, 6) is -1.17. The summed E-state index contributed by atoms with van der Waals surface area (Å²) in [5, 5.41) is 18.5. The molecule has 6 nitrogen and oxygen atoms in total. The lowest BCUT2D eigenvalue weighted by molar-refractivity contribution is -0.131. The first-order chi connectivity index (χ1) is 15.8. The molecule has 2 aromatic carbocycles. The first-order valence-electron chi connectivity index (χ1n) is 11.1. The highest BCUT2D eigenvalue weighted by atomic mass is 16.5. The number of unbranched alkanes of at least 4 members (excludes halogenated alkanes) is 2. The monoisotopic (exact) mass is 452 g/mol. The standard InChI is InChI=1S/C27H32O6/c1-5-7-8-9-20-10-11-25(18(3)12-20)22-13-23(32-26(30)19(4)16-28)15-24(14-22)33-27(31)21(6-2)17-29/h6,10-15,28-29H,4-5,7-9,16-17H2,1-3H3/b21-6+. The van der Waals surface area contributed by atoms with Gasteiger partial charge in [0.05, 0.1) is 24.4 Å². The number of aliphatic hydroxyl groups is 2. The Kier molecular flexibility index (Phi) is 10.0. The normalized spacial score (nSPS) is 11.2. The summed E-state index contributed by atoms with van der Waals surface area (Å²) in [6, 6.07) is 11.0. The molecule has 0 radical (unpaired) electrons. The molecule has 176 valence electrons. The van der Waals surface area contributed by atoms with Crippen LogP contribution in [-0.2, 0) is 16.0 Å². The van der Waals surface area contributed by atoms with Crippen molar-refractivity contribution in [2.45, 2.75) is 46.5 Å². The topological polar surface area (TPSA) is 93.1 Å². The number of carbonyl (C=O) groups is 2. The van der Waals surface area contributed by atoms with E-state index >= 15 is 0 Å². The van der Waals surface area contributed by atoms with Crippen molar-refractivity contribution < 1.29 is 29.3 Å². The van der Waals surface area contributed by atoms with Crippen LogP contribution in [0.2, 0.25) is 0 Å². The van der Waals surface area contributed by atoms with Crippen LogP contribution in [0.5, 0.6) is 11.5 Å². The van der Waals surface area contributed by atoms with Crippen molar-refractivity contribution in [2.24, 2.45) is 0 Å². The Morgan fingerprint density at radius 3 is 2.18 bits per heavy atom. The lowest BCUT2D eigenvalue weighted by Gasteiger charge is -2.14. The van der Waals surface area contributed by atoms with Crippen LogP contribution in [0.3, 0.4) is 0 Å². The largest absolute Gasteiger partial charge is 0.423 e. The molecule has 33 heavy (non-hydrogen) atoms. The van der Waals surface area contributed by atoms with Gasteiger partial charge in [-0.2, -0.15) is 0 Å². The lowest BCUT2D eigenvalue weighted by atomic mass is 9.96. The Bertz CT molecular complexity index is 1030. The minimum Gasteiger partial charge on any atom is -0.423 e. The van der Waals surface area contributed by atoms with E-state index in [1.54, 1.807) is 19.1 Å². The van der Waals surface area contributed by atoms with Gasteiger partial charge in [-0.25, -0.2) is 9.59 Å². The summed E-state index contributed by atoms with van der Waals surface area (Å²) in [7, 11) is 0. The quantitative estimate of drug-likeness (QED) is 0.222. The van der Waals surface area contributed by atoms with Gasteiger partial charge in [0.2, 0.25) is 0 Å². The highest BCUT2D eigenvalue weighted by Gasteiger charge is 2.16. The number of rotatable bonds is 11. The third-order valence-electron chi connectivity index (χ3n) is 5.23. The maximum atomic E-state index is 12.3. The second kappa shape index (κ2) is 12.7. The van der Waals surface area contributed by atoms with Gasteiger partial charge in [-0.15, -0.1) is 0 Å². The fourth-order valence-corrected chi connectivity index (χ4v) is 3.32. The van der Waals surface area contributed by atoms with Crippen LogP contribution in [0.1, 0.15) is 44.2 Å². The van der Waals surface area contributed by atoms with Gasteiger partial charge in [-0.1, -0.05) is 50.6 Å². The Morgan fingerprint density at radius 1 is 0.970 bits per heavy atom. The molecule has 0 amide bonds. The van der Waals surface area contributed by atoms with Crippen LogP contribution < -0.4 is 9.47 Å². The van der Waals surface area contributed by atoms with Crippen molar-refractivity contribution in [3.63, 3.8) is 0 Å². The van der Waals surface area contributed by atoms with Crippen molar-refractivity contribution >= 4 is 11.9 Å². The molecule has 6 heteroatoms. The Morgan fingerprint density at radius 2 is 1.64 bits per heavy atom. The molecule has 0 fully saturated rings. The van der Waals surface area contributed by atoms with E-state index in [2.05, 4.69) is 25.6 Å². The lowest BCUT2D eigenvalue weighted by Crippen LogP contribution is -2.15. The SMILES string of the molecule is C=C(CO)C(=O)Oc1cc(OC(=O)/C(=C/C)CO)cc(-c2ccc(CCCCC)cc2C)c1. The molecule has 0 unspecified atom stereocenters. The van der Waals surface area contributed by atoms with E-state index in [9.17, 15) is 14.7 Å². The van der Waals surface area contributed by atoms with Crippen molar-refractivity contribution in [2.75, 3.05) is 13.2 Å². The summed E-state index contributed by atoms with van der Waals surface area (Å²) in [6.07, 6.45) is 5.96. The van der Waals surface area contributed by atoms with Crippen LogP contribution in [0.25, 0.3) is 11.1 Å². The van der Waals surface area contributed by atoms with E-state index in [1.165, 1.54) is 24.1 Å². The summed E-state index contributed by atoms with van der Waals surface area (Å²) in [5.41, 5.74) is 3.90. The zero-order chi connectivity index (χ0) is 24.4. The number of benzene rings is 2. The molecule has 2 rings (SSSR count). The molecule has 2 N–H and O–H groups in total. The van der Waals surface area contributed by atoms with Crippen molar-refractivity contribution in [3.8, 4) is 22.6 Å². The molecule has 0 atom stereocenters. The zero-order valence-electron chi connectivity index (χ0n) is 19.5. The zero-order valence-corrected chi connectivity index (χ0v) is 19.5. The van der Waals surface area contributed by atoms with Crippen LogP contribution in [0, 0.1) is 6.92 Å². The van der Waals surface area contributed by atoms with Gasteiger partial charge in [0.1, 0.15) is 11.5 Å². The molecule has 0 heterocycles. The third kappa shape index (κ3) is 7.41. The first-order valence-corrected chi connectivity index (χ1v) is 11.1. The van der Waals surface area contributed by atoms with Gasteiger partial charge >= 0.3 is 11.9 Å². The number of allylic oxidation sites excluding steroid dienone is 1. The number of carbonyl (C=O) groups excluding carboxylic acids is 2. The number of hydrogen-bond acceptors (Lipinski definition) is 6. The molecule has 0 spiro atoms. The van der Waals surface area contributed by atoms with E-state index < -0.39 is 25.2 Å². The predicted molar refractivity (Wildman–Crippen MR) is 128 cm³/mol. The molecule has 0 bridgehead atoms. The second-order valence-corrected chi connectivity index (χ2v) is 7.81. The highest BCUT2D eigenvalue weighted by molar-refractivity contribution is 5.91. The van der Waals surface area contributed by atoms with Gasteiger partial charge < -0.3 is 19.7 Å². The Hall–Kier alpha value is -3.22. The van der Waals surface area contributed by atoms with Crippen LogP contribution in [-0.4, -0.2) is 35.4 Å². The molecule has 0 aliphatic heterocycles. The van der Waals surface area contributed by atoms with Crippen LogP contribution in [0.15, 0.2) is 60.2 Å². The molecule has 0 aliphatic carbocycles. The summed E-state index contributed by atoms with van der Waals surface area (Å²) < 4.78 is 10.8. The number of aryl methyl sites for hydroxylation is 2. The predicted octanol–water partition coefficient (Wildman–Crippen LogP) is 4.69. The molecule has 0 saturated heterocycles. The fraction of sp³-hybridized carbons (Fsp3) is 0.333. The minimum atomic E-state index is -0.778. The van der Waals surface area contributed by atoms with E-state index in [1.807, 2.05) is 13.0 Å². The summed E-state index contributed by atoms with van der Waals surface area (Å²) >= 11 is 0. The molecule has 0 aliphatic rings.